The van der Waals surface area contributed by atoms with E-state index in [4.69, 9.17) is 28.4 Å². The highest BCUT2D eigenvalue weighted by Crippen LogP contribution is 2.40. The number of hydrogen-bond acceptors (Lipinski definition) is 14. The van der Waals surface area contributed by atoms with E-state index in [1.165, 1.54) is 21.0 Å². The van der Waals surface area contributed by atoms with E-state index in [9.17, 15) is 35.1 Å². The first kappa shape index (κ1) is 48.7. The van der Waals surface area contributed by atoms with Crippen molar-refractivity contribution in [2.45, 2.75) is 162 Å². The zero-order valence-corrected chi connectivity index (χ0v) is 34.3. The number of likely N-dealkylation sites (N-methyl/N-ethyl adjacent to an activating group) is 1. The van der Waals surface area contributed by atoms with E-state index < -0.39 is 96.0 Å². The van der Waals surface area contributed by atoms with Gasteiger partial charge in [-0.15, -0.1) is 0 Å². The van der Waals surface area contributed by atoms with Crippen molar-refractivity contribution in [1.29, 1.82) is 0 Å². The average Bonchev–Trinajstić information content (AvgIpc) is 3.05. The molecule has 308 valence electrons. The molecule has 52 heavy (non-hydrogen) atoms. The van der Waals surface area contributed by atoms with Crippen LogP contribution in [0.4, 0.5) is 0 Å². The van der Waals surface area contributed by atoms with Crippen molar-refractivity contribution in [2.75, 3.05) is 41.0 Å². The normalized spacial score (nSPS) is 28.2. The average molecular weight is 752 g/mol. The first-order chi connectivity index (χ1) is 23.9. The van der Waals surface area contributed by atoms with E-state index in [-0.39, 0.29) is 44.5 Å². The number of rotatable bonds is 24. The zero-order valence-electron chi connectivity index (χ0n) is 34.3. The Labute approximate surface area is 312 Å². The van der Waals surface area contributed by atoms with Crippen molar-refractivity contribution in [1.82, 2.24) is 4.90 Å². The molecule has 5 N–H and O–H groups in total. The van der Waals surface area contributed by atoms with Gasteiger partial charge < -0.3 is 58.9 Å². The number of aliphatic hydroxyl groups is 5. The first-order valence-corrected chi connectivity index (χ1v) is 18.9. The first-order valence-electron chi connectivity index (χ1n) is 18.9. The number of hydrogen-bond donors (Lipinski definition) is 5. The van der Waals surface area contributed by atoms with Gasteiger partial charge in [-0.3, -0.25) is 9.59 Å². The van der Waals surface area contributed by atoms with Crippen LogP contribution in [0.2, 0.25) is 0 Å². The van der Waals surface area contributed by atoms with Crippen LogP contribution in [0.1, 0.15) is 95.4 Å². The van der Waals surface area contributed by atoms with Crippen LogP contribution < -0.4 is 0 Å². The number of ketones is 1. The number of aliphatic hydroxyl groups excluding tert-OH is 4. The molecule has 0 saturated carbocycles. The van der Waals surface area contributed by atoms with Crippen LogP contribution in [0.3, 0.4) is 0 Å². The summed E-state index contributed by atoms with van der Waals surface area (Å²) in [5, 5.41) is 54.7. The highest BCUT2D eigenvalue weighted by molar-refractivity contribution is 5.83. The van der Waals surface area contributed by atoms with Gasteiger partial charge in [0.15, 0.2) is 12.6 Å². The second-order valence-electron chi connectivity index (χ2n) is 16.1. The quantitative estimate of drug-likeness (QED) is 0.0714. The molecule has 0 spiro atoms. The predicted octanol–water partition coefficient (Wildman–Crippen LogP) is 2.53. The minimum atomic E-state index is -1.65. The molecule has 14 heteroatoms. The summed E-state index contributed by atoms with van der Waals surface area (Å²) in [6.45, 7) is 18.9. The molecular formula is C38H73NO13. The fraction of sp³-hybridized carbons (Fsp3) is 0.947. The van der Waals surface area contributed by atoms with E-state index in [0.717, 1.165) is 0 Å². The third-order valence-electron chi connectivity index (χ3n) is 10.4. The van der Waals surface area contributed by atoms with Gasteiger partial charge >= 0.3 is 5.97 Å². The third-order valence-corrected chi connectivity index (χ3v) is 10.4. The maximum Gasteiger partial charge on any atom is 0.311 e. The van der Waals surface area contributed by atoms with Crippen molar-refractivity contribution in [2.24, 2.45) is 29.6 Å². The Kier molecular flexibility index (Phi) is 20.3. The Morgan fingerprint density at radius 1 is 1.04 bits per heavy atom. The van der Waals surface area contributed by atoms with Crippen molar-refractivity contribution in [3.05, 3.63) is 0 Å². The van der Waals surface area contributed by atoms with Crippen LogP contribution in [0.25, 0.3) is 0 Å². The number of carbonyl (C=O) groups is 2. The molecule has 0 aliphatic carbocycles. The Morgan fingerprint density at radius 3 is 2.13 bits per heavy atom. The highest BCUT2D eigenvalue weighted by atomic mass is 16.7. The summed E-state index contributed by atoms with van der Waals surface area (Å²) in [5.74, 6) is -4.88. The molecule has 1 rings (SSSR count). The second kappa shape index (κ2) is 21.7. The van der Waals surface area contributed by atoms with E-state index in [0.29, 0.717) is 6.42 Å². The summed E-state index contributed by atoms with van der Waals surface area (Å²) in [5.41, 5.74) is -2.66. The number of nitrogens with zero attached hydrogens (tertiary/aromatic N) is 1. The molecule has 1 saturated heterocycles. The monoisotopic (exact) mass is 752 g/mol. The molecule has 0 aromatic carbocycles. The number of methoxy groups -OCH3 is 1. The number of esters is 1. The summed E-state index contributed by atoms with van der Waals surface area (Å²) >= 11 is 0. The molecule has 0 aromatic heterocycles. The SMILES string of the molecule is CCCOC(=O)[C@H](C)[C@@H](O[C@H]1C[C@@](C)(OC)[C@@H](O)[C@H](C)O1)C(C)C(COC(OC(C)C)[C@H](O)CN(C)C)[C@](C)(O)C[C@@H](C)C(=O)[C@H](C)[C@@H](O)[C@H](C)O. The van der Waals surface area contributed by atoms with Crippen LogP contribution in [0.5, 0.6) is 0 Å². The number of Topliss-reactive ketones (excluding diaryl/α,β-unsaturated/α-hetero) is 1. The van der Waals surface area contributed by atoms with Gasteiger partial charge in [0.05, 0.1) is 60.9 Å². The van der Waals surface area contributed by atoms with Gasteiger partial charge in [-0.25, -0.2) is 0 Å². The Morgan fingerprint density at radius 2 is 1.63 bits per heavy atom. The van der Waals surface area contributed by atoms with Crippen LogP contribution in [-0.4, -0.2) is 150 Å². The second-order valence-corrected chi connectivity index (χ2v) is 16.1. The van der Waals surface area contributed by atoms with E-state index in [1.54, 1.807) is 39.5 Å². The summed E-state index contributed by atoms with van der Waals surface area (Å²) in [4.78, 5) is 28.7. The minimum Gasteiger partial charge on any atom is -0.465 e. The maximum absolute atomic E-state index is 13.5. The lowest BCUT2D eigenvalue weighted by atomic mass is 9.71. The summed E-state index contributed by atoms with van der Waals surface area (Å²) < 4.78 is 36.2. The van der Waals surface area contributed by atoms with Crippen molar-refractivity contribution in [3.63, 3.8) is 0 Å². The molecule has 1 aliphatic rings. The standard InChI is InChI=1S/C38H73NO13/c1-15-16-48-35(45)25(7)33(52-30-18-38(11,47-14)34(44)27(9)51-30)23(5)28(20-49-36(50-21(2)3)29(41)19-39(12)13)37(10,46)17-22(4)31(42)24(6)32(43)26(8)40/h21-30,32-34,36,40-41,43-44,46H,15-20H2,1-14H3/t22-,23?,24+,25-,26+,27+,28?,29-,30+,32-,33+,34+,36?,37-,38-/m1/s1. The molecule has 1 aliphatic heterocycles. The van der Waals surface area contributed by atoms with Gasteiger partial charge in [0.2, 0.25) is 0 Å². The molecule has 0 radical (unpaired) electrons. The van der Waals surface area contributed by atoms with Gasteiger partial charge in [0.1, 0.15) is 18.0 Å². The fourth-order valence-corrected chi connectivity index (χ4v) is 7.14. The van der Waals surface area contributed by atoms with Gasteiger partial charge in [0, 0.05) is 37.8 Å². The van der Waals surface area contributed by atoms with Gasteiger partial charge in [0.25, 0.3) is 0 Å². The molecule has 15 atom stereocenters. The van der Waals surface area contributed by atoms with Crippen LogP contribution in [0, 0.1) is 29.6 Å². The van der Waals surface area contributed by atoms with Gasteiger partial charge in [-0.05, 0) is 81.3 Å². The number of carbonyl (C=O) groups excluding carboxylic acids is 2. The molecule has 14 nitrogen and oxygen atoms in total. The molecule has 0 aromatic rings. The number of ether oxygens (including phenoxy) is 6. The summed E-state index contributed by atoms with van der Waals surface area (Å²) in [6.07, 6.45) is -7.61. The molecule has 3 unspecified atom stereocenters. The van der Waals surface area contributed by atoms with Gasteiger partial charge in [-0.1, -0.05) is 27.7 Å². The third kappa shape index (κ3) is 14.1. The smallest absolute Gasteiger partial charge is 0.311 e. The molecule has 1 heterocycles. The zero-order chi connectivity index (χ0) is 40.3. The largest absolute Gasteiger partial charge is 0.465 e. The van der Waals surface area contributed by atoms with E-state index in [1.807, 2.05) is 41.8 Å². The lowest BCUT2D eigenvalue weighted by Gasteiger charge is -2.47. The topological polar surface area (TPSA) is 194 Å². The molecule has 1 fully saturated rings. The lowest BCUT2D eigenvalue weighted by molar-refractivity contribution is -0.299. The van der Waals surface area contributed by atoms with Crippen molar-refractivity contribution >= 4 is 11.8 Å². The maximum atomic E-state index is 13.5. The van der Waals surface area contributed by atoms with Crippen molar-refractivity contribution < 1.29 is 63.5 Å². The van der Waals surface area contributed by atoms with Crippen molar-refractivity contribution in [3.8, 4) is 0 Å². The fourth-order valence-electron chi connectivity index (χ4n) is 7.14. The lowest BCUT2D eigenvalue weighted by Crippen LogP contribution is -2.58. The van der Waals surface area contributed by atoms with E-state index in [2.05, 4.69) is 0 Å². The van der Waals surface area contributed by atoms with Gasteiger partial charge in [-0.2, -0.15) is 0 Å². The Bertz CT molecular complexity index is 1060. The van der Waals surface area contributed by atoms with E-state index >= 15 is 0 Å². The summed E-state index contributed by atoms with van der Waals surface area (Å²) in [7, 11) is 5.11. The predicted molar refractivity (Wildman–Crippen MR) is 195 cm³/mol. The minimum absolute atomic E-state index is 0.0662. The highest BCUT2D eigenvalue weighted by Gasteiger charge is 2.49. The van der Waals surface area contributed by atoms with Crippen LogP contribution in [0.15, 0.2) is 0 Å². The van der Waals surface area contributed by atoms with Crippen LogP contribution >= 0.6 is 0 Å². The molecule has 0 bridgehead atoms. The Balaban J connectivity index is 3.71. The molecule has 0 amide bonds. The molecular weight excluding hydrogens is 678 g/mol. The summed E-state index contributed by atoms with van der Waals surface area (Å²) in [6, 6.07) is 0. The van der Waals surface area contributed by atoms with Crippen LogP contribution in [-0.2, 0) is 38.0 Å². The Hall–Kier alpha value is -1.30.